The molecule has 2 aromatic carbocycles. The average molecular weight is 365 g/mol. The van der Waals surface area contributed by atoms with Crippen LogP contribution >= 0.6 is 11.6 Å². The summed E-state index contributed by atoms with van der Waals surface area (Å²) in [4.78, 5) is 24.2. The number of nitrogens with one attached hydrogen (secondary N) is 1. The molecule has 0 aromatic heterocycles. The monoisotopic (exact) mass is 364 g/mol. The Hall–Kier alpha value is -2.38. The molecule has 0 bridgehead atoms. The highest BCUT2D eigenvalue weighted by atomic mass is 35.5. The van der Waals surface area contributed by atoms with Crippen LogP contribution in [0.15, 0.2) is 48.5 Å². The summed E-state index contributed by atoms with van der Waals surface area (Å²) in [5.74, 6) is -1.25. The third kappa shape index (κ3) is 3.13. The van der Waals surface area contributed by atoms with Crippen LogP contribution in [-0.2, 0) is 14.8 Å². The molecule has 124 valence electrons. The van der Waals surface area contributed by atoms with Gasteiger partial charge in [-0.2, -0.15) is 0 Å². The van der Waals surface area contributed by atoms with Crippen molar-refractivity contribution < 1.29 is 18.0 Å². The average Bonchev–Trinajstić information content (AvgIpc) is 2.82. The van der Waals surface area contributed by atoms with Gasteiger partial charge in [-0.1, -0.05) is 29.8 Å². The third-order valence-electron chi connectivity index (χ3n) is 3.54. The summed E-state index contributed by atoms with van der Waals surface area (Å²) in [6, 6.07) is 13.0. The molecule has 0 atom stereocenters. The zero-order chi connectivity index (χ0) is 17.3. The number of hydrogen-bond donors (Lipinski definition) is 1. The fourth-order valence-corrected chi connectivity index (χ4v) is 4.10. The molecule has 1 aliphatic rings. The second-order valence-corrected chi connectivity index (χ2v) is 7.55. The van der Waals surface area contributed by atoms with Crippen molar-refractivity contribution in [3.63, 3.8) is 0 Å². The maximum absolute atomic E-state index is 12.3. The number of carbonyl (C=O) groups is 2. The first-order valence-corrected chi connectivity index (χ1v) is 9.09. The van der Waals surface area contributed by atoms with E-state index in [9.17, 15) is 18.0 Å². The summed E-state index contributed by atoms with van der Waals surface area (Å²) < 4.78 is 24.8. The van der Waals surface area contributed by atoms with Crippen LogP contribution in [0.4, 0.5) is 11.4 Å². The van der Waals surface area contributed by atoms with E-state index in [1.807, 2.05) is 6.07 Å². The van der Waals surface area contributed by atoms with Gasteiger partial charge in [-0.25, -0.2) is 12.7 Å². The predicted molar refractivity (Wildman–Crippen MR) is 91.7 cm³/mol. The van der Waals surface area contributed by atoms with Gasteiger partial charge >= 0.3 is 0 Å². The Labute approximate surface area is 144 Å². The number of halogens is 1. The molecule has 24 heavy (non-hydrogen) atoms. The molecule has 6 nitrogen and oxygen atoms in total. The lowest BCUT2D eigenvalue weighted by Crippen LogP contribution is -2.29. The van der Waals surface area contributed by atoms with Crippen molar-refractivity contribution in [2.24, 2.45) is 0 Å². The normalized spacial score (nSPS) is 16.2. The topological polar surface area (TPSA) is 83.6 Å². The van der Waals surface area contributed by atoms with Gasteiger partial charge in [0.15, 0.2) is 0 Å². The van der Waals surface area contributed by atoms with Crippen LogP contribution in [0.25, 0.3) is 0 Å². The molecule has 0 aliphatic carbocycles. The molecule has 1 fully saturated rings. The standard InChI is InChI=1S/C16H13ClN2O4S/c17-13-7-6-11(16(21)18-12-4-2-1-3-5-12)10-14(13)19-15(20)8-9-24(19,22)23/h1-7,10H,8-9H2,(H,18,21). The van der Waals surface area contributed by atoms with E-state index in [0.29, 0.717) is 9.99 Å². The van der Waals surface area contributed by atoms with Gasteiger partial charge in [0.1, 0.15) is 0 Å². The van der Waals surface area contributed by atoms with Crippen molar-refractivity contribution >= 4 is 44.8 Å². The van der Waals surface area contributed by atoms with Crippen LogP contribution in [0.1, 0.15) is 16.8 Å². The number of sulfonamides is 1. The minimum atomic E-state index is -3.75. The Bertz CT molecular complexity index is 913. The second kappa shape index (κ2) is 6.26. The summed E-state index contributed by atoms with van der Waals surface area (Å²) in [5, 5.41) is 2.78. The molecule has 8 heteroatoms. The van der Waals surface area contributed by atoms with E-state index in [-0.39, 0.29) is 28.4 Å². The Morgan fingerprint density at radius 3 is 2.46 bits per heavy atom. The maximum Gasteiger partial charge on any atom is 0.255 e. The van der Waals surface area contributed by atoms with Crippen molar-refractivity contribution in [2.45, 2.75) is 6.42 Å². The molecule has 3 rings (SSSR count). The molecule has 1 aliphatic heterocycles. The number of hydrogen-bond acceptors (Lipinski definition) is 4. The van der Waals surface area contributed by atoms with Crippen molar-refractivity contribution in [1.29, 1.82) is 0 Å². The summed E-state index contributed by atoms with van der Waals surface area (Å²) in [6.45, 7) is 0. The maximum atomic E-state index is 12.3. The molecular weight excluding hydrogens is 352 g/mol. The number of rotatable bonds is 3. The second-order valence-electron chi connectivity index (χ2n) is 5.21. The Balaban J connectivity index is 1.95. The summed E-state index contributed by atoms with van der Waals surface area (Å²) in [5.41, 5.74) is 0.803. The Morgan fingerprint density at radius 2 is 1.83 bits per heavy atom. The van der Waals surface area contributed by atoms with Gasteiger partial charge in [0, 0.05) is 17.7 Å². The minimum Gasteiger partial charge on any atom is -0.322 e. The van der Waals surface area contributed by atoms with Crippen molar-refractivity contribution in [3.05, 3.63) is 59.1 Å². The number of para-hydroxylation sites is 1. The summed E-state index contributed by atoms with van der Waals surface area (Å²) >= 11 is 6.04. The smallest absolute Gasteiger partial charge is 0.255 e. The molecule has 2 aromatic rings. The van der Waals surface area contributed by atoms with Crippen LogP contribution in [0.5, 0.6) is 0 Å². The largest absolute Gasteiger partial charge is 0.322 e. The fourth-order valence-electron chi connectivity index (χ4n) is 2.38. The number of nitrogens with zero attached hydrogens (tertiary/aromatic N) is 1. The van der Waals surface area contributed by atoms with Gasteiger partial charge in [0.05, 0.1) is 16.5 Å². The fraction of sp³-hybridized carbons (Fsp3) is 0.125. The van der Waals surface area contributed by atoms with E-state index in [1.54, 1.807) is 24.3 Å². The number of benzene rings is 2. The third-order valence-corrected chi connectivity index (χ3v) is 5.53. The lowest BCUT2D eigenvalue weighted by atomic mass is 10.1. The molecular formula is C16H13ClN2O4S. The minimum absolute atomic E-state index is 0.000113. The van der Waals surface area contributed by atoms with Gasteiger partial charge in [-0.15, -0.1) is 0 Å². The molecule has 0 saturated carbocycles. The molecule has 1 saturated heterocycles. The van der Waals surface area contributed by atoms with Gasteiger partial charge < -0.3 is 5.32 Å². The highest BCUT2D eigenvalue weighted by molar-refractivity contribution is 7.94. The van der Waals surface area contributed by atoms with Crippen LogP contribution in [0.3, 0.4) is 0 Å². The number of amides is 2. The lowest BCUT2D eigenvalue weighted by molar-refractivity contribution is -0.116. The van der Waals surface area contributed by atoms with Gasteiger partial charge in [-0.05, 0) is 30.3 Å². The summed E-state index contributed by atoms with van der Waals surface area (Å²) in [6.07, 6.45) is -0.0981. The molecule has 1 heterocycles. The van der Waals surface area contributed by atoms with E-state index in [1.165, 1.54) is 18.2 Å². The SMILES string of the molecule is O=C(Nc1ccccc1)c1ccc(Cl)c(N2C(=O)CCS2(=O)=O)c1. The zero-order valence-electron chi connectivity index (χ0n) is 12.4. The Kier molecular flexibility index (Phi) is 4.29. The molecule has 0 unspecified atom stereocenters. The first kappa shape index (κ1) is 16.5. The highest BCUT2D eigenvalue weighted by Gasteiger charge is 2.37. The van der Waals surface area contributed by atoms with Gasteiger partial charge in [0.2, 0.25) is 15.9 Å². The molecule has 2 amide bonds. The number of carbonyl (C=O) groups excluding carboxylic acids is 2. The lowest BCUT2D eigenvalue weighted by Gasteiger charge is -2.17. The van der Waals surface area contributed by atoms with Crippen molar-refractivity contribution in [2.75, 3.05) is 15.4 Å². The van der Waals surface area contributed by atoms with E-state index in [4.69, 9.17) is 11.6 Å². The quantitative estimate of drug-likeness (QED) is 0.907. The van der Waals surface area contributed by atoms with Crippen LogP contribution in [-0.4, -0.2) is 26.0 Å². The molecule has 1 N–H and O–H groups in total. The van der Waals surface area contributed by atoms with Crippen LogP contribution in [0, 0.1) is 0 Å². The van der Waals surface area contributed by atoms with E-state index in [0.717, 1.165) is 0 Å². The first-order chi connectivity index (χ1) is 11.4. The number of anilines is 2. The van der Waals surface area contributed by atoms with E-state index >= 15 is 0 Å². The van der Waals surface area contributed by atoms with Crippen LogP contribution < -0.4 is 9.62 Å². The van der Waals surface area contributed by atoms with E-state index in [2.05, 4.69) is 5.32 Å². The first-order valence-electron chi connectivity index (χ1n) is 7.10. The van der Waals surface area contributed by atoms with Crippen molar-refractivity contribution in [1.82, 2.24) is 0 Å². The van der Waals surface area contributed by atoms with Crippen molar-refractivity contribution in [3.8, 4) is 0 Å². The Morgan fingerprint density at radius 1 is 1.12 bits per heavy atom. The van der Waals surface area contributed by atoms with Gasteiger partial charge in [0.25, 0.3) is 5.91 Å². The molecule has 0 spiro atoms. The summed E-state index contributed by atoms with van der Waals surface area (Å²) in [7, 11) is -3.75. The molecule has 0 radical (unpaired) electrons. The zero-order valence-corrected chi connectivity index (χ0v) is 14.0. The highest BCUT2D eigenvalue weighted by Crippen LogP contribution is 2.33. The predicted octanol–water partition coefficient (Wildman–Crippen LogP) is 2.66. The van der Waals surface area contributed by atoms with Crippen LogP contribution in [0.2, 0.25) is 5.02 Å². The van der Waals surface area contributed by atoms with E-state index < -0.39 is 21.8 Å². The van der Waals surface area contributed by atoms with Gasteiger partial charge in [-0.3, -0.25) is 9.59 Å².